The molecule has 1 heterocycles. The minimum absolute atomic E-state index is 0.0617. The fourth-order valence-electron chi connectivity index (χ4n) is 2.64. The zero-order valence-corrected chi connectivity index (χ0v) is 16.3. The maximum Gasteiger partial charge on any atom is 0.341 e. The first kappa shape index (κ1) is 21.1. The van der Waals surface area contributed by atoms with Crippen LogP contribution < -0.4 is 5.32 Å². The predicted molar refractivity (Wildman–Crippen MR) is 107 cm³/mol. The van der Waals surface area contributed by atoms with Crippen molar-refractivity contribution < 1.29 is 28.0 Å². The SMILES string of the molecule is CCOC(=O)c1c(-c2ccc([N+](=O)[O-])cc2)csc1NC(=O)c1ccc(F)c(F)c1. The van der Waals surface area contributed by atoms with Gasteiger partial charge in [-0.05, 0) is 42.8 Å². The first-order chi connectivity index (χ1) is 14.3. The number of carbonyl (C=O) groups excluding carboxylic acids is 2. The molecule has 0 unspecified atom stereocenters. The van der Waals surface area contributed by atoms with E-state index in [4.69, 9.17) is 4.74 Å². The number of esters is 1. The van der Waals surface area contributed by atoms with Gasteiger partial charge in [-0.25, -0.2) is 13.6 Å². The number of carbonyl (C=O) groups is 2. The Balaban J connectivity index is 1.98. The van der Waals surface area contributed by atoms with Gasteiger partial charge in [-0.3, -0.25) is 14.9 Å². The van der Waals surface area contributed by atoms with E-state index in [0.29, 0.717) is 11.1 Å². The van der Waals surface area contributed by atoms with Gasteiger partial charge in [0.25, 0.3) is 11.6 Å². The maximum absolute atomic E-state index is 13.4. The largest absolute Gasteiger partial charge is 0.462 e. The third kappa shape index (κ3) is 4.33. The number of nitro groups is 1. The molecular weight excluding hydrogens is 418 g/mol. The van der Waals surface area contributed by atoms with Crippen LogP contribution in [-0.4, -0.2) is 23.4 Å². The second-order valence-electron chi connectivity index (χ2n) is 5.96. The molecule has 0 aliphatic carbocycles. The predicted octanol–water partition coefficient (Wildman–Crippen LogP) is 5.03. The Hall–Kier alpha value is -3.66. The van der Waals surface area contributed by atoms with Crippen molar-refractivity contribution in [1.29, 1.82) is 0 Å². The van der Waals surface area contributed by atoms with E-state index in [-0.39, 0.29) is 28.4 Å². The molecule has 0 aliphatic rings. The Bertz CT molecular complexity index is 1130. The van der Waals surface area contributed by atoms with Crippen LogP contribution >= 0.6 is 11.3 Å². The fourth-order valence-corrected chi connectivity index (χ4v) is 3.60. The lowest BCUT2D eigenvalue weighted by molar-refractivity contribution is -0.384. The second-order valence-corrected chi connectivity index (χ2v) is 6.84. The number of benzene rings is 2. The van der Waals surface area contributed by atoms with Crippen LogP contribution in [0, 0.1) is 21.7 Å². The van der Waals surface area contributed by atoms with Gasteiger partial charge in [0.2, 0.25) is 0 Å². The average Bonchev–Trinajstić information content (AvgIpc) is 3.13. The molecule has 0 atom stereocenters. The van der Waals surface area contributed by atoms with Crippen molar-refractivity contribution in [2.75, 3.05) is 11.9 Å². The molecule has 1 N–H and O–H groups in total. The molecule has 1 amide bonds. The number of ether oxygens (including phenoxy) is 1. The van der Waals surface area contributed by atoms with E-state index < -0.39 is 28.4 Å². The van der Waals surface area contributed by atoms with E-state index in [9.17, 15) is 28.5 Å². The lowest BCUT2D eigenvalue weighted by Gasteiger charge is -2.09. The van der Waals surface area contributed by atoms with Crippen LogP contribution in [0.15, 0.2) is 47.8 Å². The summed E-state index contributed by atoms with van der Waals surface area (Å²) >= 11 is 1.03. The Morgan fingerprint density at radius 3 is 2.43 bits per heavy atom. The number of nitrogens with one attached hydrogen (secondary N) is 1. The third-order valence-electron chi connectivity index (χ3n) is 4.07. The van der Waals surface area contributed by atoms with E-state index in [1.807, 2.05) is 0 Å². The highest BCUT2D eigenvalue weighted by Crippen LogP contribution is 2.37. The van der Waals surface area contributed by atoms with Gasteiger partial charge in [0.15, 0.2) is 11.6 Å². The number of hydrogen-bond acceptors (Lipinski definition) is 6. The fraction of sp³-hybridized carbons (Fsp3) is 0.100. The van der Waals surface area contributed by atoms with Gasteiger partial charge in [-0.1, -0.05) is 0 Å². The van der Waals surface area contributed by atoms with Crippen molar-refractivity contribution >= 4 is 33.9 Å². The smallest absolute Gasteiger partial charge is 0.341 e. The van der Waals surface area contributed by atoms with Crippen LogP contribution in [0.1, 0.15) is 27.6 Å². The summed E-state index contributed by atoms with van der Waals surface area (Å²) in [5.74, 6) is -3.70. The Morgan fingerprint density at radius 1 is 1.13 bits per heavy atom. The van der Waals surface area contributed by atoms with Crippen molar-refractivity contribution in [1.82, 2.24) is 0 Å². The zero-order valence-electron chi connectivity index (χ0n) is 15.5. The van der Waals surface area contributed by atoms with E-state index in [0.717, 1.165) is 29.5 Å². The molecule has 7 nitrogen and oxygen atoms in total. The second kappa shape index (κ2) is 8.78. The molecule has 0 saturated heterocycles. The van der Waals surface area contributed by atoms with Crippen molar-refractivity contribution in [2.45, 2.75) is 6.92 Å². The van der Waals surface area contributed by atoms with Gasteiger partial charge in [-0.2, -0.15) is 0 Å². The summed E-state index contributed by atoms with van der Waals surface area (Å²) in [5, 5.41) is 15.1. The van der Waals surface area contributed by atoms with Gasteiger partial charge in [0, 0.05) is 28.6 Å². The lowest BCUT2D eigenvalue weighted by Crippen LogP contribution is -2.15. The van der Waals surface area contributed by atoms with E-state index in [1.165, 1.54) is 24.3 Å². The van der Waals surface area contributed by atoms with Gasteiger partial charge in [-0.15, -0.1) is 11.3 Å². The molecule has 3 rings (SSSR count). The van der Waals surface area contributed by atoms with Crippen molar-refractivity contribution in [3.05, 3.63) is 80.7 Å². The topological polar surface area (TPSA) is 98.5 Å². The van der Waals surface area contributed by atoms with E-state index in [2.05, 4.69) is 5.32 Å². The Morgan fingerprint density at radius 2 is 1.83 bits per heavy atom. The molecule has 0 radical (unpaired) electrons. The number of rotatable bonds is 6. The Labute approximate surface area is 173 Å². The van der Waals surface area contributed by atoms with Crippen LogP contribution in [0.5, 0.6) is 0 Å². The first-order valence-corrected chi connectivity index (χ1v) is 9.49. The molecule has 0 spiro atoms. The van der Waals surface area contributed by atoms with Gasteiger partial charge in [0.1, 0.15) is 10.6 Å². The van der Waals surface area contributed by atoms with Crippen LogP contribution in [0.25, 0.3) is 11.1 Å². The molecule has 3 aromatic rings. The molecule has 10 heteroatoms. The highest BCUT2D eigenvalue weighted by molar-refractivity contribution is 7.15. The lowest BCUT2D eigenvalue weighted by atomic mass is 10.0. The molecule has 1 aromatic heterocycles. The first-order valence-electron chi connectivity index (χ1n) is 8.61. The highest BCUT2D eigenvalue weighted by atomic mass is 32.1. The van der Waals surface area contributed by atoms with Crippen molar-refractivity contribution in [3.8, 4) is 11.1 Å². The molecule has 0 bridgehead atoms. The molecule has 154 valence electrons. The maximum atomic E-state index is 13.4. The molecule has 0 aliphatic heterocycles. The third-order valence-corrected chi connectivity index (χ3v) is 4.96. The van der Waals surface area contributed by atoms with E-state index >= 15 is 0 Å². The summed E-state index contributed by atoms with van der Waals surface area (Å²) in [6.45, 7) is 1.71. The summed E-state index contributed by atoms with van der Waals surface area (Å²) in [6.07, 6.45) is 0. The average molecular weight is 432 g/mol. The van der Waals surface area contributed by atoms with Crippen molar-refractivity contribution in [2.24, 2.45) is 0 Å². The number of halogens is 2. The van der Waals surface area contributed by atoms with Gasteiger partial charge < -0.3 is 10.1 Å². The minimum Gasteiger partial charge on any atom is -0.462 e. The number of non-ortho nitro benzene ring substituents is 1. The molecule has 0 fully saturated rings. The molecular formula is C20H14F2N2O5S. The van der Waals surface area contributed by atoms with Crippen LogP contribution in [0.4, 0.5) is 19.5 Å². The molecule has 2 aromatic carbocycles. The van der Waals surface area contributed by atoms with E-state index in [1.54, 1.807) is 12.3 Å². The monoisotopic (exact) mass is 432 g/mol. The van der Waals surface area contributed by atoms with Crippen molar-refractivity contribution in [3.63, 3.8) is 0 Å². The Kier molecular flexibility index (Phi) is 6.17. The summed E-state index contributed by atoms with van der Waals surface area (Å²) < 4.78 is 31.6. The summed E-state index contributed by atoms with van der Waals surface area (Å²) in [4.78, 5) is 35.3. The summed E-state index contributed by atoms with van der Waals surface area (Å²) in [7, 11) is 0. The van der Waals surface area contributed by atoms with Crippen LogP contribution in [0.2, 0.25) is 0 Å². The number of nitrogens with zero attached hydrogens (tertiary/aromatic N) is 1. The quantitative estimate of drug-likeness (QED) is 0.335. The van der Waals surface area contributed by atoms with Gasteiger partial charge >= 0.3 is 5.97 Å². The van der Waals surface area contributed by atoms with Gasteiger partial charge in [0.05, 0.1) is 11.5 Å². The number of amides is 1. The molecule has 30 heavy (non-hydrogen) atoms. The standard InChI is InChI=1S/C20H14F2N2O5S/c1-2-29-20(26)17-14(11-3-6-13(7-4-11)24(27)28)10-30-19(17)23-18(25)12-5-8-15(21)16(22)9-12/h3-10H,2H2,1H3,(H,23,25). The number of hydrogen-bond donors (Lipinski definition) is 1. The van der Waals surface area contributed by atoms with Crippen LogP contribution in [0.3, 0.4) is 0 Å². The summed E-state index contributed by atoms with van der Waals surface area (Å²) in [5.41, 5.74) is 0.737. The summed E-state index contributed by atoms with van der Waals surface area (Å²) in [6, 6.07) is 8.23. The number of anilines is 1. The molecule has 0 saturated carbocycles. The number of thiophene rings is 1. The highest BCUT2D eigenvalue weighted by Gasteiger charge is 2.24. The minimum atomic E-state index is -1.17. The normalized spacial score (nSPS) is 10.5. The number of nitro benzene ring substituents is 1. The van der Waals surface area contributed by atoms with Crippen LogP contribution in [-0.2, 0) is 4.74 Å². The zero-order chi connectivity index (χ0) is 21.8.